The largest absolute Gasteiger partial charge is 0.490 e. The maximum Gasteiger partial charge on any atom is 0.244 e. The zero-order chi connectivity index (χ0) is 18.9. The highest BCUT2D eigenvalue weighted by molar-refractivity contribution is 5.91. The van der Waals surface area contributed by atoms with Crippen LogP contribution >= 0.6 is 0 Å². The molecule has 0 heterocycles. The van der Waals surface area contributed by atoms with E-state index in [1.165, 1.54) is 18.2 Å². The fourth-order valence-corrected chi connectivity index (χ4v) is 2.43. The van der Waals surface area contributed by atoms with E-state index in [1.54, 1.807) is 18.2 Å². The van der Waals surface area contributed by atoms with Gasteiger partial charge in [-0.25, -0.2) is 4.39 Å². The van der Waals surface area contributed by atoms with Crippen LogP contribution in [0, 0.1) is 5.82 Å². The van der Waals surface area contributed by atoms with E-state index in [0.29, 0.717) is 24.7 Å². The van der Waals surface area contributed by atoms with E-state index < -0.39 is 0 Å². The third-order valence-corrected chi connectivity index (χ3v) is 3.72. The van der Waals surface area contributed by atoms with E-state index in [0.717, 1.165) is 11.1 Å². The Hall–Kier alpha value is -2.82. The van der Waals surface area contributed by atoms with Crippen molar-refractivity contribution in [1.29, 1.82) is 0 Å². The molecule has 5 heteroatoms. The van der Waals surface area contributed by atoms with Crippen LogP contribution in [-0.2, 0) is 4.79 Å². The predicted octanol–water partition coefficient (Wildman–Crippen LogP) is 4.51. The third kappa shape index (κ3) is 5.62. The molecule has 0 aliphatic heterocycles. The standard InChI is InChI=1S/C21H24FNO3/c1-4-25-19-12-9-17(14-20(19)26-5-2)15(3)23-21(24)13-8-16-6-10-18(22)11-7-16/h6-15H,4-5H2,1-3H3,(H,23,24)/b13-8+/t15-/m0/s1. The van der Waals surface area contributed by atoms with Crippen molar-refractivity contribution in [2.75, 3.05) is 13.2 Å². The van der Waals surface area contributed by atoms with Crippen molar-refractivity contribution in [2.24, 2.45) is 0 Å². The summed E-state index contributed by atoms with van der Waals surface area (Å²) in [5.41, 5.74) is 1.68. The number of halogens is 1. The van der Waals surface area contributed by atoms with E-state index in [1.807, 2.05) is 39.0 Å². The lowest BCUT2D eigenvalue weighted by Gasteiger charge is -2.17. The molecule has 1 amide bonds. The molecule has 2 aromatic rings. The molecule has 0 aliphatic carbocycles. The van der Waals surface area contributed by atoms with Gasteiger partial charge in [0.1, 0.15) is 5.82 Å². The van der Waals surface area contributed by atoms with Crippen LogP contribution in [0.1, 0.15) is 37.9 Å². The first-order valence-electron chi connectivity index (χ1n) is 8.67. The molecule has 0 fully saturated rings. The molecule has 0 radical (unpaired) electrons. The van der Waals surface area contributed by atoms with Gasteiger partial charge in [0, 0.05) is 6.08 Å². The van der Waals surface area contributed by atoms with Crippen molar-refractivity contribution in [3.63, 3.8) is 0 Å². The number of nitrogens with one attached hydrogen (secondary N) is 1. The number of carbonyl (C=O) groups excluding carboxylic acids is 1. The molecule has 0 aromatic heterocycles. The summed E-state index contributed by atoms with van der Waals surface area (Å²) in [6.07, 6.45) is 3.08. The highest BCUT2D eigenvalue weighted by Gasteiger charge is 2.12. The Morgan fingerprint density at radius 1 is 1.08 bits per heavy atom. The van der Waals surface area contributed by atoms with Gasteiger partial charge in [0.2, 0.25) is 5.91 Å². The average molecular weight is 357 g/mol. The Morgan fingerprint density at radius 2 is 1.73 bits per heavy atom. The number of hydrogen-bond acceptors (Lipinski definition) is 3. The van der Waals surface area contributed by atoms with Crippen LogP contribution < -0.4 is 14.8 Å². The number of benzene rings is 2. The molecule has 0 bridgehead atoms. The van der Waals surface area contributed by atoms with Crippen molar-refractivity contribution in [3.05, 3.63) is 65.5 Å². The van der Waals surface area contributed by atoms with Gasteiger partial charge in [-0.3, -0.25) is 4.79 Å². The van der Waals surface area contributed by atoms with E-state index in [4.69, 9.17) is 9.47 Å². The highest BCUT2D eigenvalue weighted by Crippen LogP contribution is 2.30. The van der Waals surface area contributed by atoms with E-state index in [-0.39, 0.29) is 17.8 Å². The summed E-state index contributed by atoms with van der Waals surface area (Å²) < 4.78 is 24.1. The second-order valence-corrected chi connectivity index (χ2v) is 5.69. The van der Waals surface area contributed by atoms with Crippen molar-refractivity contribution in [1.82, 2.24) is 5.32 Å². The van der Waals surface area contributed by atoms with Gasteiger partial charge < -0.3 is 14.8 Å². The summed E-state index contributed by atoms with van der Waals surface area (Å²) in [4.78, 5) is 12.1. The summed E-state index contributed by atoms with van der Waals surface area (Å²) in [7, 11) is 0. The Kier molecular flexibility index (Phi) is 7.21. The fraction of sp³-hybridized carbons (Fsp3) is 0.286. The van der Waals surface area contributed by atoms with Crippen LogP contribution in [0.25, 0.3) is 6.08 Å². The summed E-state index contributed by atoms with van der Waals surface area (Å²) in [6, 6.07) is 11.4. The lowest BCUT2D eigenvalue weighted by atomic mass is 10.1. The Morgan fingerprint density at radius 3 is 2.38 bits per heavy atom. The first-order chi connectivity index (χ1) is 12.5. The third-order valence-electron chi connectivity index (χ3n) is 3.72. The quantitative estimate of drug-likeness (QED) is 0.707. The minimum Gasteiger partial charge on any atom is -0.490 e. The van der Waals surface area contributed by atoms with Gasteiger partial charge in [0.15, 0.2) is 11.5 Å². The molecule has 0 saturated heterocycles. The van der Waals surface area contributed by atoms with Crippen molar-refractivity contribution < 1.29 is 18.7 Å². The molecule has 1 atom stereocenters. The summed E-state index contributed by atoms with van der Waals surface area (Å²) in [6.45, 7) is 6.81. The van der Waals surface area contributed by atoms with Crippen LogP contribution in [0.15, 0.2) is 48.5 Å². The second-order valence-electron chi connectivity index (χ2n) is 5.69. The molecule has 0 unspecified atom stereocenters. The Balaban J connectivity index is 2.03. The summed E-state index contributed by atoms with van der Waals surface area (Å²) in [5.74, 6) is 0.817. The minimum atomic E-state index is -0.305. The number of carbonyl (C=O) groups is 1. The lowest BCUT2D eigenvalue weighted by molar-refractivity contribution is -0.117. The smallest absolute Gasteiger partial charge is 0.244 e. The van der Waals surface area contributed by atoms with Crippen molar-refractivity contribution in [2.45, 2.75) is 26.8 Å². The predicted molar refractivity (Wildman–Crippen MR) is 101 cm³/mol. The fourth-order valence-electron chi connectivity index (χ4n) is 2.43. The maximum atomic E-state index is 12.9. The maximum absolute atomic E-state index is 12.9. The summed E-state index contributed by atoms with van der Waals surface area (Å²) in [5, 5.41) is 2.90. The van der Waals surface area contributed by atoms with Gasteiger partial charge in [-0.15, -0.1) is 0 Å². The minimum absolute atomic E-state index is 0.199. The van der Waals surface area contributed by atoms with E-state index >= 15 is 0 Å². The molecular formula is C21H24FNO3. The molecule has 26 heavy (non-hydrogen) atoms. The zero-order valence-electron chi connectivity index (χ0n) is 15.3. The molecule has 0 saturated carbocycles. The molecule has 0 aliphatic rings. The van der Waals surface area contributed by atoms with Crippen LogP contribution in [-0.4, -0.2) is 19.1 Å². The Bertz CT molecular complexity index is 756. The molecule has 4 nitrogen and oxygen atoms in total. The van der Waals surface area contributed by atoms with Gasteiger partial charge in [0.05, 0.1) is 19.3 Å². The number of amides is 1. The van der Waals surface area contributed by atoms with E-state index in [9.17, 15) is 9.18 Å². The lowest BCUT2D eigenvalue weighted by Crippen LogP contribution is -2.24. The zero-order valence-corrected chi connectivity index (χ0v) is 15.3. The van der Waals surface area contributed by atoms with Gasteiger partial charge in [-0.1, -0.05) is 18.2 Å². The van der Waals surface area contributed by atoms with Crippen molar-refractivity contribution >= 4 is 12.0 Å². The first kappa shape index (κ1) is 19.5. The number of rotatable bonds is 8. The monoisotopic (exact) mass is 357 g/mol. The average Bonchev–Trinajstić information content (AvgIpc) is 2.63. The molecule has 0 spiro atoms. The van der Waals surface area contributed by atoms with Gasteiger partial charge in [0.25, 0.3) is 0 Å². The van der Waals surface area contributed by atoms with E-state index in [2.05, 4.69) is 5.32 Å². The van der Waals surface area contributed by atoms with Gasteiger partial charge in [-0.2, -0.15) is 0 Å². The van der Waals surface area contributed by atoms with Crippen LogP contribution in [0.5, 0.6) is 11.5 Å². The molecule has 2 rings (SSSR count). The first-order valence-corrected chi connectivity index (χ1v) is 8.67. The molecule has 1 N–H and O–H groups in total. The SMILES string of the molecule is CCOc1ccc([C@H](C)NC(=O)/C=C/c2ccc(F)cc2)cc1OCC. The highest BCUT2D eigenvalue weighted by atomic mass is 19.1. The van der Waals surface area contributed by atoms with Gasteiger partial charge >= 0.3 is 0 Å². The number of hydrogen-bond donors (Lipinski definition) is 1. The normalized spacial score (nSPS) is 12.0. The number of ether oxygens (including phenoxy) is 2. The molecule has 2 aromatic carbocycles. The molecule has 138 valence electrons. The Labute approximate surface area is 153 Å². The van der Waals surface area contributed by atoms with Crippen molar-refractivity contribution in [3.8, 4) is 11.5 Å². The van der Waals surface area contributed by atoms with Crippen LogP contribution in [0.4, 0.5) is 4.39 Å². The molecular weight excluding hydrogens is 333 g/mol. The summed E-state index contributed by atoms with van der Waals surface area (Å²) >= 11 is 0. The second kappa shape index (κ2) is 9.61. The van der Waals surface area contributed by atoms with Crippen LogP contribution in [0.2, 0.25) is 0 Å². The van der Waals surface area contributed by atoms with Crippen LogP contribution in [0.3, 0.4) is 0 Å². The van der Waals surface area contributed by atoms with Gasteiger partial charge in [-0.05, 0) is 62.2 Å². The topological polar surface area (TPSA) is 47.6 Å².